The lowest BCUT2D eigenvalue weighted by atomic mass is 9.99. The first-order chi connectivity index (χ1) is 9.93. The van der Waals surface area contributed by atoms with E-state index in [9.17, 15) is 9.00 Å². The zero-order chi connectivity index (χ0) is 15.6. The molecule has 4 atom stereocenters. The molecule has 2 heterocycles. The molecular formula is C15H24N2O2S2. The number of amides is 1. The van der Waals surface area contributed by atoms with Crippen LogP contribution in [0.15, 0.2) is 12.1 Å². The highest BCUT2D eigenvalue weighted by molar-refractivity contribution is 7.84. The highest BCUT2D eigenvalue weighted by atomic mass is 32.2. The number of thiophene rings is 1. The minimum absolute atomic E-state index is 0.0706. The van der Waals surface area contributed by atoms with Crippen LogP contribution in [0.25, 0.3) is 0 Å². The van der Waals surface area contributed by atoms with E-state index in [1.165, 1.54) is 4.88 Å². The molecule has 0 aliphatic carbocycles. The molecule has 2 rings (SSSR count). The van der Waals surface area contributed by atoms with E-state index in [1.807, 2.05) is 4.90 Å². The Morgan fingerprint density at radius 1 is 1.48 bits per heavy atom. The summed E-state index contributed by atoms with van der Waals surface area (Å²) in [6.07, 6.45) is 2.58. The van der Waals surface area contributed by atoms with Gasteiger partial charge in [-0.2, -0.15) is 0 Å². The van der Waals surface area contributed by atoms with Crippen molar-refractivity contribution in [1.29, 1.82) is 0 Å². The van der Waals surface area contributed by atoms with Gasteiger partial charge in [-0.05, 0) is 25.0 Å². The lowest BCUT2D eigenvalue weighted by Gasteiger charge is -2.22. The fourth-order valence-electron chi connectivity index (χ4n) is 2.58. The second kappa shape index (κ2) is 7.03. The maximum atomic E-state index is 12.7. The first-order valence-electron chi connectivity index (χ1n) is 7.37. The van der Waals surface area contributed by atoms with Crippen molar-refractivity contribution in [2.45, 2.75) is 39.4 Å². The van der Waals surface area contributed by atoms with Gasteiger partial charge in [-0.15, -0.1) is 11.3 Å². The number of carbonyl (C=O) groups excluding carboxylic acids is 1. The Morgan fingerprint density at radius 3 is 2.71 bits per heavy atom. The minimum atomic E-state index is -0.885. The van der Waals surface area contributed by atoms with Crippen LogP contribution in [0.1, 0.15) is 36.2 Å². The molecule has 0 radical (unpaired) electrons. The van der Waals surface area contributed by atoms with E-state index in [-0.39, 0.29) is 18.1 Å². The number of nitrogens with zero attached hydrogens (tertiary/aromatic N) is 1. The smallest absolute Gasteiger partial charge is 0.241 e. The summed E-state index contributed by atoms with van der Waals surface area (Å²) in [7, 11) is -0.885. The molecule has 1 saturated heterocycles. The summed E-state index contributed by atoms with van der Waals surface area (Å²) < 4.78 is 11.4. The first-order valence-corrected chi connectivity index (χ1v) is 9.91. The zero-order valence-corrected chi connectivity index (χ0v) is 14.7. The molecule has 21 heavy (non-hydrogen) atoms. The van der Waals surface area contributed by atoms with Gasteiger partial charge in [0.15, 0.2) is 0 Å². The van der Waals surface area contributed by atoms with Crippen LogP contribution >= 0.6 is 11.3 Å². The second-order valence-electron chi connectivity index (χ2n) is 5.69. The van der Waals surface area contributed by atoms with E-state index in [2.05, 4.69) is 38.2 Å². The average molecular weight is 329 g/mol. The van der Waals surface area contributed by atoms with Crippen LogP contribution in [0, 0.1) is 12.8 Å². The predicted octanol–water partition coefficient (Wildman–Crippen LogP) is 2.28. The number of nitrogens with one attached hydrogen (secondary N) is 1. The molecule has 0 saturated carbocycles. The third-order valence-electron chi connectivity index (χ3n) is 4.06. The van der Waals surface area contributed by atoms with Crippen LogP contribution < -0.4 is 5.32 Å². The van der Waals surface area contributed by atoms with Gasteiger partial charge in [-0.3, -0.25) is 14.3 Å². The summed E-state index contributed by atoms with van der Waals surface area (Å²) in [6, 6.07) is 4.03. The van der Waals surface area contributed by atoms with Gasteiger partial charge in [0.2, 0.25) is 5.91 Å². The van der Waals surface area contributed by atoms with Gasteiger partial charge >= 0.3 is 0 Å². The monoisotopic (exact) mass is 328 g/mol. The largest absolute Gasteiger partial charge is 0.320 e. The Bertz CT molecular complexity index is 529. The molecule has 1 aromatic rings. The van der Waals surface area contributed by atoms with Gasteiger partial charge < -0.3 is 4.90 Å². The molecule has 1 aliphatic rings. The predicted molar refractivity (Wildman–Crippen MR) is 88.8 cm³/mol. The topological polar surface area (TPSA) is 49.4 Å². The molecular weight excluding hydrogens is 304 g/mol. The highest BCUT2D eigenvalue weighted by Gasteiger charge is 2.41. The van der Waals surface area contributed by atoms with E-state index < -0.39 is 10.8 Å². The standard InChI is InChI=1S/C15H24N2O2S2/c1-5-10(2)13-15(18)17(8-9-21(4)19)14(16-13)12-7-6-11(3)20-12/h6-7,10,13-14,16H,5,8-9H2,1-4H3. The maximum absolute atomic E-state index is 12.7. The van der Waals surface area contributed by atoms with Gasteiger partial charge in [-0.1, -0.05) is 20.3 Å². The molecule has 0 aromatic carbocycles. The molecule has 1 amide bonds. The van der Waals surface area contributed by atoms with Crippen molar-refractivity contribution < 1.29 is 9.00 Å². The van der Waals surface area contributed by atoms with E-state index in [4.69, 9.17) is 0 Å². The first kappa shape index (κ1) is 16.6. The molecule has 0 spiro atoms. The van der Waals surface area contributed by atoms with Crippen LogP contribution in [0.4, 0.5) is 0 Å². The van der Waals surface area contributed by atoms with Crippen LogP contribution in [-0.2, 0) is 15.6 Å². The van der Waals surface area contributed by atoms with Crippen molar-refractivity contribution in [3.8, 4) is 0 Å². The maximum Gasteiger partial charge on any atom is 0.241 e. The molecule has 118 valence electrons. The molecule has 4 nitrogen and oxygen atoms in total. The number of carbonyl (C=O) groups is 1. The number of aryl methyl sites for hydroxylation is 1. The van der Waals surface area contributed by atoms with Crippen molar-refractivity contribution >= 4 is 28.0 Å². The third-order valence-corrected chi connectivity index (χ3v) is 5.87. The fourth-order valence-corrected chi connectivity index (χ4v) is 3.99. The van der Waals surface area contributed by atoms with Crippen molar-refractivity contribution in [2.75, 3.05) is 18.6 Å². The summed E-state index contributed by atoms with van der Waals surface area (Å²) in [5, 5.41) is 3.48. The third kappa shape index (κ3) is 3.73. The molecule has 6 heteroatoms. The molecule has 1 aromatic heterocycles. The number of hydrogen-bond acceptors (Lipinski definition) is 4. The Balaban J connectivity index is 2.22. The lowest BCUT2D eigenvalue weighted by Crippen LogP contribution is -2.36. The second-order valence-corrected chi connectivity index (χ2v) is 8.56. The Morgan fingerprint density at radius 2 is 2.19 bits per heavy atom. The van der Waals surface area contributed by atoms with E-state index in [0.29, 0.717) is 18.2 Å². The van der Waals surface area contributed by atoms with Crippen LogP contribution in [0.2, 0.25) is 0 Å². The minimum Gasteiger partial charge on any atom is -0.320 e. The van der Waals surface area contributed by atoms with Crippen molar-refractivity contribution in [1.82, 2.24) is 10.2 Å². The summed E-state index contributed by atoms with van der Waals surface area (Å²) in [6.45, 7) is 6.83. The van der Waals surface area contributed by atoms with Crippen molar-refractivity contribution in [2.24, 2.45) is 5.92 Å². The van der Waals surface area contributed by atoms with E-state index in [1.54, 1.807) is 17.6 Å². The van der Waals surface area contributed by atoms with Crippen molar-refractivity contribution in [3.63, 3.8) is 0 Å². The molecule has 1 fully saturated rings. The highest BCUT2D eigenvalue weighted by Crippen LogP contribution is 2.32. The quantitative estimate of drug-likeness (QED) is 0.871. The summed E-state index contributed by atoms with van der Waals surface area (Å²) in [5.74, 6) is 0.977. The molecule has 0 bridgehead atoms. The Hall–Kier alpha value is -0.720. The van der Waals surface area contributed by atoms with Gasteiger partial charge in [0.05, 0.1) is 6.04 Å². The van der Waals surface area contributed by atoms with Gasteiger partial charge in [0.1, 0.15) is 6.17 Å². The van der Waals surface area contributed by atoms with Crippen molar-refractivity contribution in [3.05, 3.63) is 21.9 Å². The summed E-state index contributed by atoms with van der Waals surface area (Å²) >= 11 is 1.71. The van der Waals surface area contributed by atoms with Gasteiger partial charge in [-0.25, -0.2) is 0 Å². The zero-order valence-electron chi connectivity index (χ0n) is 13.1. The SMILES string of the molecule is CCC(C)C1NC(c2ccc(C)s2)N(CCS(C)=O)C1=O. The van der Waals surface area contributed by atoms with Crippen LogP contribution in [0.3, 0.4) is 0 Å². The van der Waals surface area contributed by atoms with Gasteiger partial charge in [0.25, 0.3) is 0 Å². The van der Waals surface area contributed by atoms with Crippen LogP contribution in [0.5, 0.6) is 0 Å². The number of rotatable bonds is 6. The average Bonchev–Trinajstić information content (AvgIpc) is 2.99. The lowest BCUT2D eigenvalue weighted by molar-refractivity contribution is -0.130. The van der Waals surface area contributed by atoms with Gasteiger partial charge in [0, 0.05) is 39.1 Å². The summed E-state index contributed by atoms with van der Waals surface area (Å²) in [4.78, 5) is 16.9. The molecule has 1 N–H and O–H groups in total. The number of hydrogen-bond donors (Lipinski definition) is 1. The Labute approximate surface area is 133 Å². The molecule has 1 aliphatic heterocycles. The fraction of sp³-hybridized carbons (Fsp3) is 0.667. The van der Waals surface area contributed by atoms with E-state index >= 15 is 0 Å². The molecule has 4 unspecified atom stereocenters. The van der Waals surface area contributed by atoms with E-state index in [0.717, 1.165) is 11.3 Å². The van der Waals surface area contributed by atoms with Crippen LogP contribution in [-0.4, -0.2) is 39.6 Å². The summed E-state index contributed by atoms with van der Waals surface area (Å²) in [5.41, 5.74) is 0. The Kier molecular flexibility index (Phi) is 5.57. The normalized spacial score (nSPS) is 25.3.